The van der Waals surface area contributed by atoms with Gasteiger partial charge in [0.2, 0.25) is 5.91 Å². The van der Waals surface area contributed by atoms with E-state index in [0.717, 1.165) is 5.57 Å². The molecule has 2 amide bonds. The number of nitrogens with one attached hydrogen (secondary N) is 1. The van der Waals surface area contributed by atoms with Crippen LogP contribution in [0.5, 0.6) is 0 Å². The molecule has 218 valence electrons. The number of likely N-dealkylation sites (N-methyl/N-ethyl adjacent to an activating group) is 1. The first-order valence-electron chi connectivity index (χ1n) is 13.8. The second-order valence-corrected chi connectivity index (χ2v) is 11.0. The Labute approximate surface area is 236 Å². The van der Waals surface area contributed by atoms with E-state index in [1.165, 1.54) is 17.2 Å². The number of carbonyl (C=O) groups is 3. The number of ether oxygens (including phenoxy) is 1. The SMILES string of the molecule is CC1=C/[C@@H](O)C[C@@H](N(C)C)Cc2nc(co2)C(=O)N2CCC=C2C(=O)O[C@H](C(C)C)[C@H](C)/C=C\C(=O)NC/C=C\1. The second kappa shape index (κ2) is 14.2. The zero-order chi connectivity index (χ0) is 29.4. The summed E-state index contributed by atoms with van der Waals surface area (Å²) in [7, 11) is 3.82. The Hall–Kier alpha value is -3.50. The minimum Gasteiger partial charge on any atom is -0.457 e. The van der Waals surface area contributed by atoms with E-state index in [-0.39, 0.29) is 35.2 Å². The molecule has 0 unspecified atom stereocenters. The van der Waals surface area contributed by atoms with Gasteiger partial charge in [0.15, 0.2) is 11.6 Å². The van der Waals surface area contributed by atoms with Crippen molar-refractivity contribution < 1.29 is 28.6 Å². The van der Waals surface area contributed by atoms with E-state index in [0.29, 0.717) is 38.2 Å². The van der Waals surface area contributed by atoms with Gasteiger partial charge < -0.3 is 29.4 Å². The monoisotopic (exact) mass is 554 g/mol. The normalized spacial score (nSPS) is 28.8. The molecule has 10 nitrogen and oxygen atoms in total. The van der Waals surface area contributed by atoms with Gasteiger partial charge in [0, 0.05) is 31.5 Å². The predicted octanol–water partition coefficient (Wildman–Crippen LogP) is 3.02. The summed E-state index contributed by atoms with van der Waals surface area (Å²) >= 11 is 0. The van der Waals surface area contributed by atoms with Gasteiger partial charge in [-0.1, -0.05) is 56.7 Å². The molecule has 0 aromatic carbocycles. The largest absolute Gasteiger partial charge is 0.457 e. The van der Waals surface area contributed by atoms with E-state index in [2.05, 4.69) is 10.3 Å². The van der Waals surface area contributed by atoms with Gasteiger partial charge in [-0.15, -0.1) is 0 Å². The highest BCUT2D eigenvalue weighted by Gasteiger charge is 2.33. The molecule has 40 heavy (non-hydrogen) atoms. The number of fused-ring (bicyclic) bond motifs is 3. The fourth-order valence-electron chi connectivity index (χ4n) is 4.84. The Morgan fingerprint density at radius 3 is 2.65 bits per heavy atom. The summed E-state index contributed by atoms with van der Waals surface area (Å²) in [6, 6.07) is -0.107. The molecule has 0 aliphatic carbocycles. The quantitative estimate of drug-likeness (QED) is 0.535. The third-order valence-electron chi connectivity index (χ3n) is 7.06. The number of aliphatic hydroxyl groups is 1. The lowest BCUT2D eigenvalue weighted by molar-refractivity contribution is -0.149. The van der Waals surface area contributed by atoms with Crippen molar-refractivity contribution in [1.29, 1.82) is 0 Å². The van der Waals surface area contributed by atoms with Crippen LogP contribution in [0.4, 0.5) is 0 Å². The number of amides is 2. The number of esters is 1. The summed E-state index contributed by atoms with van der Waals surface area (Å²) < 4.78 is 11.5. The fraction of sp³-hybridized carbons (Fsp3) is 0.533. The number of allylic oxidation sites excluding steroid dienone is 2. The first kappa shape index (κ1) is 31.0. The third-order valence-corrected chi connectivity index (χ3v) is 7.06. The number of aliphatic hydroxyl groups excluding tert-OH is 1. The number of rotatable bonds is 2. The summed E-state index contributed by atoms with van der Waals surface area (Å²) in [6.45, 7) is 8.31. The number of hydrogen-bond donors (Lipinski definition) is 2. The van der Waals surface area contributed by atoms with Gasteiger partial charge in [0.05, 0.1) is 6.10 Å². The van der Waals surface area contributed by atoms with E-state index in [9.17, 15) is 19.5 Å². The number of cyclic esters (lactones) is 1. The molecule has 4 atom stereocenters. The summed E-state index contributed by atoms with van der Waals surface area (Å²) in [5.74, 6) is -1.19. The van der Waals surface area contributed by atoms with Crippen molar-refractivity contribution in [3.8, 4) is 0 Å². The molecule has 0 spiro atoms. The van der Waals surface area contributed by atoms with Gasteiger partial charge in [-0.2, -0.15) is 0 Å². The van der Waals surface area contributed by atoms with Crippen LogP contribution in [0.2, 0.25) is 0 Å². The van der Waals surface area contributed by atoms with Crippen LogP contribution in [0, 0.1) is 11.8 Å². The van der Waals surface area contributed by atoms with Crippen molar-refractivity contribution in [1.82, 2.24) is 20.1 Å². The first-order valence-corrected chi connectivity index (χ1v) is 13.8. The van der Waals surface area contributed by atoms with Crippen molar-refractivity contribution in [2.24, 2.45) is 11.8 Å². The van der Waals surface area contributed by atoms with Crippen molar-refractivity contribution in [3.63, 3.8) is 0 Å². The third kappa shape index (κ3) is 8.50. The smallest absolute Gasteiger partial charge is 0.355 e. The molecule has 0 saturated carbocycles. The highest BCUT2D eigenvalue weighted by molar-refractivity contribution is 6.00. The Balaban J connectivity index is 1.90. The lowest BCUT2D eigenvalue weighted by atomic mass is 9.94. The van der Waals surface area contributed by atoms with Gasteiger partial charge in [-0.3, -0.25) is 9.59 Å². The second-order valence-electron chi connectivity index (χ2n) is 11.0. The van der Waals surface area contributed by atoms with Crippen LogP contribution in [0.15, 0.2) is 58.4 Å². The van der Waals surface area contributed by atoms with E-state index in [4.69, 9.17) is 9.15 Å². The van der Waals surface area contributed by atoms with Gasteiger partial charge in [0.25, 0.3) is 5.91 Å². The number of hydrogen-bond acceptors (Lipinski definition) is 8. The topological polar surface area (TPSA) is 125 Å². The molecule has 3 heterocycles. The van der Waals surface area contributed by atoms with Crippen LogP contribution in [-0.2, 0) is 20.7 Å². The zero-order valence-electron chi connectivity index (χ0n) is 24.3. The lowest BCUT2D eigenvalue weighted by Crippen LogP contribution is -2.36. The maximum absolute atomic E-state index is 13.3. The van der Waals surface area contributed by atoms with Gasteiger partial charge in [-0.25, -0.2) is 9.78 Å². The van der Waals surface area contributed by atoms with E-state index >= 15 is 0 Å². The molecule has 0 saturated heterocycles. The standard InChI is InChI=1S/C30H42N4O6/c1-19(2)28-21(4)11-12-26(36)31-13-7-9-20(3)15-23(35)16-22(33(5)6)17-27-32-24(18-39-27)29(37)34-14-8-10-25(34)30(38)40-28/h7,9-12,15,18-19,21-23,28,35H,8,13-14,16-17H2,1-6H3,(H,31,36)/b9-7-,12-11-,20-15-/t21-,22-,23-,28-/m1/s1. The minimum absolute atomic E-state index is 0.0249. The molecule has 1 aromatic rings. The van der Waals surface area contributed by atoms with Crippen LogP contribution in [0.3, 0.4) is 0 Å². The molecule has 0 radical (unpaired) electrons. The van der Waals surface area contributed by atoms with Crippen molar-refractivity contribution in [2.75, 3.05) is 27.2 Å². The highest BCUT2D eigenvalue weighted by atomic mass is 16.5. The lowest BCUT2D eigenvalue weighted by Gasteiger charge is -2.27. The molecular formula is C30H42N4O6. The van der Waals surface area contributed by atoms with E-state index < -0.39 is 24.1 Å². The summed E-state index contributed by atoms with van der Waals surface area (Å²) in [6.07, 6.45) is 11.7. The Morgan fingerprint density at radius 1 is 1.20 bits per heavy atom. The van der Waals surface area contributed by atoms with Crippen LogP contribution < -0.4 is 5.32 Å². The molecule has 2 N–H and O–H groups in total. The molecule has 0 fully saturated rings. The summed E-state index contributed by atoms with van der Waals surface area (Å²) in [5, 5.41) is 13.5. The number of nitrogens with zero attached hydrogens (tertiary/aromatic N) is 3. The molecule has 1 aromatic heterocycles. The van der Waals surface area contributed by atoms with Crippen molar-refractivity contribution in [3.05, 3.63) is 65.6 Å². The Bertz CT molecular complexity index is 1180. The maximum Gasteiger partial charge on any atom is 0.355 e. The van der Waals surface area contributed by atoms with Gasteiger partial charge in [-0.05, 0) is 45.9 Å². The predicted molar refractivity (Wildman–Crippen MR) is 151 cm³/mol. The Morgan fingerprint density at radius 2 is 1.95 bits per heavy atom. The van der Waals surface area contributed by atoms with Gasteiger partial charge in [0.1, 0.15) is 18.1 Å². The molecule has 2 aliphatic rings. The van der Waals surface area contributed by atoms with Crippen molar-refractivity contribution >= 4 is 17.8 Å². The number of aromatic nitrogens is 1. The summed E-state index contributed by atoms with van der Waals surface area (Å²) in [5.41, 5.74) is 1.15. The fourth-order valence-corrected chi connectivity index (χ4v) is 4.84. The van der Waals surface area contributed by atoms with E-state index in [1.807, 2.05) is 58.8 Å². The number of oxazole rings is 1. The maximum atomic E-state index is 13.3. The highest BCUT2D eigenvalue weighted by Crippen LogP contribution is 2.25. The minimum atomic E-state index is -0.717. The van der Waals surface area contributed by atoms with Crippen LogP contribution in [-0.4, -0.2) is 83.1 Å². The molecule has 10 heteroatoms. The molecular weight excluding hydrogens is 512 g/mol. The molecule has 2 aliphatic heterocycles. The zero-order valence-corrected chi connectivity index (χ0v) is 24.3. The Kier molecular flexibility index (Phi) is 11.0. The van der Waals surface area contributed by atoms with Gasteiger partial charge >= 0.3 is 5.97 Å². The van der Waals surface area contributed by atoms with Crippen molar-refractivity contribution in [2.45, 2.75) is 65.2 Å². The molecule has 2 bridgehead atoms. The summed E-state index contributed by atoms with van der Waals surface area (Å²) in [4.78, 5) is 46.7. The van der Waals surface area contributed by atoms with Crippen LogP contribution in [0.25, 0.3) is 0 Å². The first-order chi connectivity index (χ1) is 19.0. The average molecular weight is 555 g/mol. The van der Waals surface area contributed by atoms with Crippen LogP contribution in [0.1, 0.15) is 56.9 Å². The van der Waals surface area contributed by atoms with Crippen LogP contribution >= 0.6 is 0 Å². The van der Waals surface area contributed by atoms with E-state index in [1.54, 1.807) is 18.2 Å². The average Bonchev–Trinajstić information content (AvgIpc) is 3.57. The molecule has 3 rings (SSSR count). The number of carbonyl (C=O) groups excluding carboxylic acids is 3.